The Labute approximate surface area is 126 Å². The van der Waals surface area contributed by atoms with Crippen LogP contribution in [-0.2, 0) is 4.79 Å². The molecule has 0 aliphatic heterocycles. The molecule has 2 aromatic heterocycles. The van der Waals surface area contributed by atoms with Crippen LogP contribution in [0.2, 0.25) is 0 Å². The summed E-state index contributed by atoms with van der Waals surface area (Å²) in [5.41, 5.74) is 0. The molecule has 19 heavy (non-hydrogen) atoms. The number of halogens is 1. The minimum atomic E-state index is -0.901. The van der Waals surface area contributed by atoms with Gasteiger partial charge in [0, 0.05) is 16.5 Å². The van der Waals surface area contributed by atoms with Crippen LogP contribution in [0.4, 0.5) is 0 Å². The average Bonchev–Trinajstić information content (AvgIpc) is 2.67. The summed E-state index contributed by atoms with van der Waals surface area (Å²) in [6.07, 6.45) is 1.78. The number of aromatic nitrogens is 1. The number of nitrogens with zero attached hydrogens (tertiary/aromatic N) is 1. The number of carbonyl (C=O) groups is 1. The molecule has 100 valence electrons. The van der Waals surface area contributed by atoms with Crippen LogP contribution in [0.1, 0.15) is 12.8 Å². The first-order valence-electron chi connectivity index (χ1n) is 5.65. The van der Waals surface area contributed by atoms with E-state index in [0.29, 0.717) is 12.8 Å². The molecule has 2 heterocycles. The van der Waals surface area contributed by atoms with E-state index >= 15 is 0 Å². The van der Waals surface area contributed by atoms with Crippen LogP contribution in [0.5, 0.6) is 0 Å². The van der Waals surface area contributed by atoms with E-state index in [1.807, 2.05) is 12.1 Å². The molecule has 7 heteroatoms. The molecule has 1 aliphatic carbocycles. The van der Waals surface area contributed by atoms with Crippen LogP contribution in [0.15, 0.2) is 27.0 Å². The third kappa shape index (κ3) is 2.29. The maximum Gasteiger partial charge on any atom is 0.320 e. The summed E-state index contributed by atoms with van der Waals surface area (Å²) in [6.45, 7) is 0. The number of fused-ring (bicyclic) bond motifs is 1. The van der Waals surface area contributed by atoms with Gasteiger partial charge in [0.15, 0.2) is 0 Å². The number of carboxylic acids is 1. The third-order valence-corrected chi connectivity index (χ3v) is 6.21. The lowest BCUT2D eigenvalue weighted by molar-refractivity contribution is -0.145. The minimum Gasteiger partial charge on any atom is -0.480 e. The molecule has 0 saturated heterocycles. The lowest BCUT2D eigenvalue weighted by Gasteiger charge is -2.40. The van der Waals surface area contributed by atoms with Crippen molar-refractivity contribution in [1.29, 1.82) is 0 Å². The van der Waals surface area contributed by atoms with E-state index in [-0.39, 0.29) is 0 Å². The van der Waals surface area contributed by atoms with Crippen LogP contribution >= 0.6 is 39.0 Å². The molecule has 0 unspecified atom stereocenters. The lowest BCUT2D eigenvalue weighted by atomic mass is 9.81. The third-order valence-electron chi connectivity index (χ3n) is 3.19. The van der Waals surface area contributed by atoms with Crippen molar-refractivity contribution in [2.45, 2.75) is 28.6 Å². The van der Waals surface area contributed by atoms with Gasteiger partial charge in [-0.2, -0.15) is 0 Å². The van der Waals surface area contributed by atoms with E-state index in [0.717, 1.165) is 18.9 Å². The number of aliphatic carboxylic acids is 1. The van der Waals surface area contributed by atoms with Crippen molar-refractivity contribution in [2.75, 3.05) is 0 Å². The monoisotopic (exact) mass is 359 g/mol. The molecule has 0 aromatic carbocycles. The molecular weight excluding hydrogens is 350 g/mol. The Hall–Kier alpha value is -0.630. The number of hydrogen-bond acceptors (Lipinski definition) is 5. The summed E-state index contributed by atoms with van der Waals surface area (Å²) in [4.78, 5) is 17.5. The number of carboxylic acid groups (broad SMARTS) is 1. The number of hydrogen-bond donors (Lipinski definition) is 2. The second-order valence-corrected chi connectivity index (χ2v) is 8.38. The van der Waals surface area contributed by atoms with Crippen LogP contribution in [0, 0.1) is 0 Å². The zero-order valence-electron chi connectivity index (χ0n) is 9.67. The normalized spacial score (nSPS) is 26.3. The fourth-order valence-corrected chi connectivity index (χ4v) is 5.15. The average molecular weight is 360 g/mol. The minimum absolute atomic E-state index is 0.294. The highest BCUT2D eigenvalue weighted by molar-refractivity contribution is 9.11. The van der Waals surface area contributed by atoms with Crippen molar-refractivity contribution in [3.8, 4) is 0 Å². The first kappa shape index (κ1) is 13.4. The van der Waals surface area contributed by atoms with Gasteiger partial charge in [0.2, 0.25) is 0 Å². The highest BCUT2D eigenvalue weighted by atomic mass is 79.9. The number of thioether (sulfide) groups is 1. The van der Waals surface area contributed by atoms with E-state index in [1.165, 1.54) is 23.1 Å². The smallest absolute Gasteiger partial charge is 0.320 e. The van der Waals surface area contributed by atoms with Gasteiger partial charge in [-0.3, -0.25) is 4.79 Å². The SMILES string of the molecule is O=C(O)C1(Sc2ccnc3sc(Br)cc23)CC(O)C1. The highest BCUT2D eigenvalue weighted by Gasteiger charge is 2.51. The molecule has 4 nitrogen and oxygen atoms in total. The fraction of sp³-hybridized carbons (Fsp3) is 0.333. The predicted octanol–water partition coefficient (Wildman–Crippen LogP) is 3.13. The second-order valence-electron chi connectivity index (χ2n) is 4.54. The number of pyridine rings is 1. The zero-order chi connectivity index (χ0) is 13.6. The Morgan fingerprint density at radius 2 is 2.32 bits per heavy atom. The molecule has 1 aliphatic rings. The number of aliphatic hydroxyl groups is 1. The molecule has 2 N–H and O–H groups in total. The van der Waals surface area contributed by atoms with Crippen molar-refractivity contribution < 1.29 is 15.0 Å². The van der Waals surface area contributed by atoms with Gasteiger partial charge in [-0.05, 0) is 40.9 Å². The van der Waals surface area contributed by atoms with Gasteiger partial charge in [-0.1, -0.05) is 0 Å². The summed E-state index contributed by atoms with van der Waals surface area (Å²) >= 11 is 6.26. The van der Waals surface area contributed by atoms with Crippen molar-refractivity contribution in [3.05, 3.63) is 22.1 Å². The molecule has 0 radical (unpaired) electrons. The van der Waals surface area contributed by atoms with Gasteiger partial charge < -0.3 is 10.2 Å². The fourth-order valence-electron chi connectivity index (χ4n) is 2.19. The van der Waals surface area contributed by atoms with Gasteiger partial charge in [0.05, 0.1) is 9.89 Å². The molecule has 1 fully saturated rings. The maximum atomic E-state index is 11.4. The Morgan fingerprint density at radius 3 is 2.95 bits per heavy atom. The van der Waals surface area contributed by atoms with Crippen LogP contribution in [-0.4, -0.2) is 32.0 Å². The lowest BCUT2D eigenvalue weighted by Crippen LogP contribution is -2.50. The van der Waals surface area contributed by atoms with E-state index in [9.17, 15) is 15.0 Å². The highest BCUT2D eigenvalue weighted by Crippen LogP contribution is 2.50. The van der Waals surface area contributed by atoms with Crippen molar-refractivity contribution >= 4 is 55.2 Å². The van der Waals surface area contributed by atoms with Gasteiger partial charge in [-0.15, -0.1) is 23.1 Å². The number of rotatable bonds is 3. The van der Waals surface area contributed by atoms with Crippen LogP contribution in [0.3, 0.4) is 0 Å². The summed E-state index contributed by atoms with van der Waals surface area (Å²) in [7, 11) is 0. The summed E-state index contributed by atoms with van der Waals surface area (Å²) < 4.78 is 0.0725. The Kier molecular flexibility index (Phi) is 3.33. The molecule has 3 rings (SSSR count). The number of aliphatic hydroxyl groups excluding tert-OH is 1. The Morgan fingerprint density at radius 1 is 1.58 bits per heavy atom. The largest absolute Gasteiger partial charge is 0.480 e. The van der Waals surface area contributed by atoms with Gasteiger partial charge in [-0.25, -0.2) is 4.98 Å². The molecule has 1 saturated carbocycles. The molecular formula is C12H10BrNO3S2. The van der Waals surface area contributed by atoms with E-state index in [1.54, 1.807) is 6.20 Å². The van der Waals surface area contributed by atoms with Crippen LogP contribution in [0.25, 0.3) is 10.2 Å². The van der Waals surface area contributed by atoms with Gasteiger partial charge in [0.25, 0.3) is 0 Å². The molecule has 0 bridgehead atoms. The van der Waals surface area contributed by atoms with Gasteiger partial charge >= 0.3 is 5.97 Å². The predicted molar refractivity (Wildman–Crippen MR) is 78.8 cm³/mol. The standard InChI is InChI=1S/C12H10BrNO3S2/c13-9-3-7-8(1-2-14-10(7)18-9)19-12(11(16)17)4-6(15)5-12/h1-3,6,15H,4-5H2,(H,16,17). The van der Waals surface area contributed by atoms with Crippen molar-refractivity contribution in [3.63, 3.8) is 0 Å². The molecule has 0 atom stereocenters. The quantitative estimate of drug-likeness (QED) is 0.880. The first-order valence-corrected chi connectivity index (χ1v) is 8.07. The maximum absolute atomic E-state index is 11.4. The molecule has 0 spiro atoms. The number of thiophene rings is 1. The summed E-state index contributed by atoms with van der Waals surface area (Å²) in [5, 5.41) is 19.8. The Bertz CT molecular complexity index is 651. The van der Waals surface area contributed by atoms with Crippen molar-refractivity contribution in [2.24, 2.45) is 0 Å². The van der Waals surface area contributed by atoms with Crippen LogP contribution < -0.4 is 0 Å². The molecule has 2 aromatic rings. The van der Waals surface area contributed by atoms with E-state index in [2.05, 4.69) is 20.9 Å². The van der Waals surface area contributed by atoms with E-state index < -0.39 is 16.8 Å². The zero-order valence-corrected chi connectivity index (χ0v) is 12.9. The summed E-state index contributed by atoms with van der Waals surface area (Å²) in [5.74, 6) is -0.859. The molecule has 0 amide bonds. The van der Waals surface area contributed by atoms with E-state index in [4.69, 9.17) is 0 Å². The Balaban J connectivity index is 1.99. The summed E-state index contributed by atoms with van der Waals surface area (Å²) in [6, 6.07) is 3.79. The van der Waals surface area contributed by atoms with Gasteiger partial charge in [0.1, 0.15) is 9.58 Å². The van der Waals surface area contributed by atoms with Crippen molar-refractivity contribution in [1.82, 2.24) is 4.98 Å². The topological polar surface area (TPSA) is 70.4 Å². The first-order chi connectivity index (χ1) is 9.00. The second kappa shape index (κ2) is 4.73.